The van der Waals surface area contributed by atoms with Crippen molar-refractivity contribution in [1.29, 1.82) is 0 Å². The SMILES string of the molecule is C=C[C@@H](O)C[C@@H](O[Si](c1ccccc1)(c1ccccc1)C(C)(C)C)C(=O)C(=O)OC. The minimum absolute atomic E-state index is 0.0814. The molecule has 2 aromatic carbocycles. The van der Waals surface area contributed by atoms with Crippen LogP contribution in [-0.4, -0.2) is 44.5 Å². The number of benzene rings is 2. The van der Waals surface area contributed by atoms with Crippen LogP contribution in [0.3, 0.4) is 0 Å². The van der Waals surface area contributed by atoms with Crippen molar-refractivity contribution in [3.05, 3.63) is 73.3 Å². The number of carbonyl (C=O) groups is 2. The summed E-state index contributed by atoms with van der Waals surface area (Å²) in [7, 11) is -1.93. The van der Waals surface area contributed by atoms with Crippen molar-refractivity contribution in [1.82, 2.24) is 0 Å². The second kappa shape index (κ2) is 9.98. The molecular formula is C24H30O5Si. The maximum absolute atomic E-state index is 12.9. The number of carbonyl (C=O) groups excluding carboxylic acids is 2. The first-order valence-electron chi connectivity index (χ1n) is 9.89. The molecule has 0 saturated carbocycles. The highest BCUT2D eigenvalue weighted by Crippen LogP contribution is 2.38. The van der Waals surface area contributed by atoms with Crippen LogP contribution in [0.25, 0.3) is 0 Å². The highest BCUT2D eigenvalue weighted by Gasteiger charge is 2.52. The molecule has 0 aliphatic rings. The zero-order valence-electron chi connectivity index (χ0n) is 18.0. The molecule has 0 saturated heterocycles. The largest absolute Gasteiger partial charge is 0.463 e. The number of ketones is 1. The van der Waals surface area contributed by atoms with E-state index in [0.717, 1.165) is 17.5 Å². The molecule has 0 spiro atoms. The summed E-state index contributed by atoms with van der Waals surface area (Å²) < 4.78 is 11.4. The summed E-state index contributed by atoms with van der Waals surface area (Å²) >= 11 is 0. The average molecular weight is 427 g/mol. The van der Waals surface area contributed by atoms with E-state index in [1.807, 2.05) is 60.7 Å². The van der Waals surface area contributed by atoms with E-state index in [0.29, 0.717) is 0 Å². The first kappa shape index (κ1) is 23.7. The predicted octanol–water partition coefficient (Wildman–Crippen LogP) is 2.61. The van der Waals surface area contributed by atoms with Crippen LogP contribution in [0.4, 0.5) is 0 Å². The van der Waals surface area contributed by atoms with Gasteiger partial charge in [0.1, 0.15) is 6.10 Å². The van der Waals surface area contributed by atoms with Crippen LogP contribution < -0.4 is 10.4 Å². The van der Waals surface area contributed by atoms with Gasteiger partial charge in [-0.2, -0.15) is 0 Å². The number of hydrogen-bond acceptors (Lipinski definition) is 5. The molecule has 0 unspecified atom stereocenters. The first-order chi connectivity index (χ1) is 14.2. The highest BCUT2D eigenvalue weighted by molar-refractivity contribution is 6.99. The van der Waals surface area contributed by atoms with Crippen LogP contribution >= 0.6 is 0 Å². The molecule has 0 aliphatic carbocycles. The summed E-state index contributed by atoms with van der Waals surface area (Å²) in [5.41, 5.74) is 0. The van der Waals surface area contributed by atoms with Gasteiger partial charge in [-0.15, -0.1) is 6.58 Å². The summed E-state index contributed by atoms with van der Waals surface area (Å²) in [6.07, 6.45) is -0.924. The smallest absolute Gasteiger partial charge is 0.377 e. The van der Waals surface area contributed by atoms with Crippen LogP contribution in [-0.2, 0) is 18.8 Å². The van der Waals surface area contributed by atoms with Gasteiger partial charge in [0.15, 0.2) is 0 Å². The second-order valence-electron chi connectivity index (χ2n) is 8.16. The number of ether oxygens (including phenoxy) is 1. The maximum atomic E-state index is 12.9. The Morgan fingerprint density at radius 2 is 1.50 bits per heavy atom. The van der Waals surface area contributed by atoms with Crippen LogP contribution in [0.1, 0.15) is 27.2 Å². The quantitative estimate of drug-likeness (QED) is 0.289. The molecule has 6 heteroatoms. The lowest BCUT2D eigenvalue weighted by Crippen LogP contribution is -2.68. The molecule has 2 aromatic rings. The van der Waals surface area contributed by atoms with E-state index < -0.39 is 32.3 Å². The van der Waals surface area contributed by atoms with Crippen LogP contribution in [0.2, 0.25) is 5.04 Å². The van der Waals surface area contributed by atoms with Gasteiger partial charge in [0.05, 0.1) is 13.2 Å². The molecule has 2 rings (SSSR count). The number of methoxy groups -OCH3 is 1. The van der Waals surface area contributed by atoms with Gasteiger partial charge >= 0.3 is 5.97 Å². The van der Waals surface area contributed by atoms with Gasteiger partial charge in [0.25, 0.3) is 14.1 Å². The number of aliphatic hydroxyl groups is 1. The van der Waals surface area contributed by atoms with E-state index >= 15 is 0 Å². The Labute approximate surface area is 179 Å². The number of hydrogen-bond donors (Lipinski definition) is 1. The number of Topliss-reactive ketones (excluding diaryl/α,β-unsaturated/α-hetero) is 1. The fourth-order valence-electron chi connectivity index (χ4n) is 3.66. The minimum atomic E-state index is -3.09. The Hall–Kier alpha value is -2.54. The number of esters is 1. The Morgan fingerprint density at radius 3 is 1.87 bits per heavy atom. The molecule has 0 aliphatic heterocycles. The Balaban J connectivity index is 2.72. The average Bonchev–Trinajstić information content (AvgIpc) is 2.75. The van der Waals surface area contributed by atoms with Crippen LogP contribution in [0.15, 0.2) is 73.3 Å². The number of rotatable bonds is 9. The third-order valence-electron chi connectivity index (χ3n) is 5.14. The first-order valence-corrected chi connectivity index (χ1v) is 11.8. The summed E-state index contributed by atoms with van der Waals surface area (Å²) in [6, 6.07) is 19.6. The summed E-state index contributed by atoms with van der Waals surface area (Å²) in [5, 5.41) is 11.7. The lowest BCUT2D eigenvalue weighted by molar-refractivity contribution is -0.155. The van der Waals surface area contributed by atoms with Gasteiger partial charge in [-0.3, -0.25) is 4.79 Å². The van der Waals surface area contributed by atoms with Gasteiger partial charge in [-0.1, -0.05) is 87.5 Å². The number of aliphatic hydroxyl groups excluding tert-OH is 1. The van der Waals surface area contributed by atoms with Gasteiger partial charge in [-0.05, 0) is 15.4 Å². The predicted molar refractivity (Wildman–Crippen MR) is 120 cm³/mol. The fraction of sp³-hybridized carbons (Fsp3) is 0.333. The molecule has 0 bridgehead atoms. The van der Waals surface area contributed by atoms with E-state index in [-0.39, 0.29) is 11.5 Å². The summed E-state index contributed by atoms with van der Waals surface area (Å²) in [6.45, 7) is 9.79. The third-order valence-corrected chi connectivity index (χ3v) is 10.2. The molecule has 5 nitrogen and oxygen atoms in total. The summed E-state index contributed by atoms with van der Waals surface area (Å²) in [4.78, 5) is 25.0. The standard InChI is InChI=1S/C24H30O5Si/c1-6-18(25)17-21(22(26)23(27)28-5)29-30(24(2,3)4,19-13-9-7-10-14-19)20-15-11-8-12-16-20/h6-16,18,21,25H,1,17H2,2-5H3/t18-,21-/m1/s1. The van der Waals surface area contributed by atoms with Crippen molar-refractivity contribution in [3.8, 4) is 0 Å². The van der Waals surface area contributed by atoms with Gasteiger partial charge < -0.3 is 14.3 Å². The zero-order valence-corrected chi connectivity index (χ0v) is 19.0. The normalized spacial score (nSPS) is 13.9. The molecule has 0 fully saturated rings. The van der Waals surface area contributed by atoms with Crippen LogP contribution in [0, 0.1) is 0 Å². The van der Waals surface area contributed by atoms with E-state index in [2.05, 4.69) is 32.1 Å². The molecular weight excluding hydrogens is 396 g/mol. The van der Waals surface area contributed by atoms with Crippen molar-refractivity contribution in [2.45, 2.75) is 44.4 Å². The fourth-order valence-corrected chi connectivity index (χ4v) is 8.31. The molecule has 0 amide bonds. The molecule has 0 aromatic heterocycles. The van der Waals surface area contributed by atoms with E-state index in [4.69, 9.17) is 4.43 Å². The highest BCUT2D eigenvalue weighted by atomic mass is 28.4. The maximum Gasteiger partial charge on any atom is 0.377 e. The van der Waals surface area contributed by atoms with Crippen molar-refractivity contribution in [2.75, 3.05) is 7.11 Å². The van der Waals surface area contributed by atoms with E-state index in [1.54, 1.807) is 0 Å². The molecule has 0 heterocycles. The molecule has 1 N–H and O–H groups in total. The van der Waals surface area contributed by atoms with Gasteiger partial charge in [-0.25, -0.2) is 4.79 Å². The molecule has 30 heavy (non-hydrogen) atoms. The topological polar surface area (TPSA) is 72.8 Å². The van der Waals surface area contributed by atoms with Gasteiger partial charge in [0.2, 0.25) is 0 Å². The van der Waals surface area contributed by atoms with Crippen molar-refractivity contribution in [3.63, 3.8) is 0 Å². The molecule has 0 radical (unpaired) electrons. The van der Waals surface area contributed by atoms with Crippen molar-refractivity contribution >= 4 is 30.4 Å². The lowest BCUT2D eigenvalue weighted by Gasteiger charge is -2.44. The Bertz CT molecular complexity index is 819. The third kappa shape index (κ3) is 4.95. The van der Waals surface area contributed by atoms with E-state index in [9.17, 15) is 14.7 Å². The van der Waals surface area contributed by atoms with Crippen molar-refractivity contribution < 1.29 is 23.9 Å². The monoisotopic (exact) mass is 426 g/mol. The Kier molecular flexibility index (Phi) is 7.89. The lowest BCUT2D eigenvalue weighted by atomic mass is 10.1. The molecule has 2 atom stereocenters. The minimum Gasteiger partial charge on any atom is -0.463 e. The van der Waals surface area contributed by atoms with E-state index in [1.165, 1.54) is 6.08 Å². The second-order valence-corrected chi connectivity index (χ2v) is 12.4. The molecule has 160 valence electrons. The summed E-state index contributed by atoms with van der Waals surface area (Å²) in [5.74, 6) is -1.81. The zero-order chi connectivity index (χ0) is 22.4. The Morgan fingerprint density at radius 1 is 1.03 bits per heavy atom. The van der Waals surface area contributed by atoms with Crippen LogP contribution in [0.5, 0.6) is 0 Å². The van der Waals surface area contributed by atoms with Gasteiger partial charge in [0, 0.05) is 6.42 Å². The van der Waals surface area contributed by atoms with Crippen molar-refractivity contribution in [2.24, 2.45) is 0 Å².